The number of ketones is 2. The van der Waals surface area contributed by atoms with Gasteiger partial charge in [-0.3, -0.25) is 14.4 Å². The van der Waals surface area contributed by atoms with Crippen molar-refractivity contribution in [1.29, 1.82) is 0 Å². The van der Waals surface area contributed by atoms with Crippen molar-refractivity contribution in [2.75, 3.05) is 20.2 Å². The highest BCUT2D eigenvalue weighted by atomic mass is 19.1. The van der Waals surface area contributed by atoms with E-state index in [-0.39, 0.29) is 17.9 Å². The molecule has 7 nitrogen and oxygen atoms in total. The lowest BCUT2D eigenvalue weighted by Gasteiger charge is -2.16. The molecule has 0 spiro atoms. The lowest BCUT2D eigenvalue weighted by molar-refractivity contribution is -0.151. The average molecular weight is 403 g/mol. The zero-order chi connectivity index (χ0) is 21.6. The maximum atomic E-state index is 13.2. The molecule has 0 aliphatic heterocycles. The van der Waals surface area contributed by atoms with Crippen LogP contribution in [0, 0.1) is 5.82 Å². The predicted octanol–water partition coefficient (Wildman–Crippen LogP) is 2.81. The largest absolute Gasteiger partial charge is 0.463 e. The van der Waals surface area contributed by atoms with Crippen LogP contribution in [0.2, 0.25) is 0 Å². The van der Waals surface area contributed by atoms with Crippen molar-refractivity contribution in [2.45, 2.75) is 26.7 Å². The maximum absolute atomic E-state index is 13.2. The summed E-state index contributed by atoms with van der Waals surface area (Å²) in [6, 6.07) is 7.09. The first-order valence-corrected chi connectivity index (χ1v) is 9.11. The van der Waals surface area contributed by atoms with Crippen LogP contribution < -0.4 is 0 Å². The smallest absolute Gasteiger partial charge is 0.374 e. The zero-order valence-electron chi connectivity index (χ0n) is 16.5. The fourth-order valence-corrected chi connectivity index (χ4v) is 2.80. The molecule has 2 aromatic rings. The van der Waals surface area contributed by atoms with Gasteiger partial charge in [-0.2, -0.15) is 0 Å². The van der Waals surface area contributed by atoms with Crippen LogP contribution in [-0.2, 0) is 20.7 Å². The van der Waals surface area contributed by atoms with Crippen LogP contribution in [-0.4, -0.2) is 48.5 Å². The monoisotopic (exact) mass is 403 g/mol. The van der Waals surface area contributed by atoms with E-state index < -0.39 is 35.7 Å². The normalized spacial score (nSPS) is 10.5. The van der Waals surface area contributed by atoms with Crippen LogP contribution in [0.5, 0.6) is 0 Å². The summed E-state index contributed by atoms with van der Waals surface area (Å²) in [5, 5.41) is 0. The second kappa shape index (κ2) is 9.77. The van der Waals surface area contributed by atoms with E-state index in [2.05, 4.69) is 4.74 Å². The number of carbonyl (C=O) groups is 4. The van der Waals surface area contributed by atoms with E-state index in [1.807, 2.05) is 13.8 Å². The van der Waals surface area contributed by atoms with Gasteiger partial charge in [-0.1, -0.05) is 12.1 Å². The summed E-state index contributed by atoms with van der Waals surface area (Å²) in [6.45, 7) is 4.52. The van der Waals surface area contributed by atoms with E-state index in [4.69, 9.17) is 4.42 Å². The van der Waals surface area contributed by atoms with Crippen molar-refractivity contribution < 1.29 is 32.7 Å². The van der Waals surface area contributed by atoms with Crippen molar-refractivity contribution in [1.82, 2.24) is 4.90 Å². The summed E-state index contributed by atoms with van der Waals surface area (Å²) in [4.78, 5) is 49.8. The summed E-state index contributed by atoms with van der Waals surface area (Å²) in [7, 11) is 1.04. The van der Waals surface area contributed by atoms with Crippen LogP contribution in [0.15, 0.2) is 34.7 Å². The van der Waals surface area contributed by atoms with Gasteiger partial charge in [0.2, 0.25) is 11.6 Å². The summed E-state index contributed by atoms with van der Waals surface area (Å²) in [5.41, 5.74) is 1.05. The standard InChI is InChI=1S/C21H22FNO6/c1-4-23(5-2)20(26)18-11-14(10-13-6-8-15(22)9-7-13)19(29-18)16(24)12-17(25)21(27)28-3/h6-9,11H,4-5,10,12H2,1-3H3. The molecule has 1 aromatic heterocycles. The number of halogens is 1. The molecular formula is C21H22FNO6. The number of nitrogens with zero attached hydrogens (tertiary/aromatic N) is 1. The molecule has 0 saturated heterocycles. The summed E-state index contributed by atoms with van der Waals surface area (Å²) < 4.78 is 23.0. The van der Waals surface area contributed by atoms with Gasteiger partial charge in [-0.25, -0.2) is 9.18 Å². The number of hydrogen-bond donors (Lipinski definition) is 0. The molecule has 0 aliphatic carbocycles. The molecule has 1 amide bonds. The number of benzene rings is 1. The highest BCUT2D eigenvalue weighted by Crippen LogP contribution is 2.23. The minimum Gasteiger partial charge on any atom is -0.463 e. The Morgan fingerprint density at radius 1 is 1.07 bits per heavy atom. The van der Waals surface area contributed by atoms with Gasteiger partial charge in [0.1, 0.15) is 5.82 Å². The SMILES string of the molecule is CCN(CC)C(=O)c1cc(Cc2ccc(F)cc2)c(C(=O)CC(=O)C(=O)OC)o1. The first-order valence-electron chi connectivity index (χ1n) is 9.11. The lowest BCUT2D eigenvalue weighted by Crippen LogP contribution is -2.30. The molecular weight excluding hydrogens is 381 g/mol. The molecule has 0 aliphatic rings. The van der Waals surface area contributed by atoms with E-state index in [9.17, 15) is 23.6 Å². The molecule has 0 fully saturated rings. The van der Waals surface area contributed by atoms with Gasteiger partial charge in [-0.05, 0) is 37.6 Å². The molecule has 0 unspecified atom stereocenters. The van der Waals surface area contributed by atoms with Gasteiger partial charge in [0, 0.05) is 25.1 Å². The van der Waals surface area contributed by atoms with Gasteiger partial charge in [0.05, 0.1) is 13.5 Å². The van der Waals surface area contributed by atoms with Crippen molar-refractivity contribution >= 4 is 23.4 Å². The fourth-order valence-electron chi connectivity index (χ4n) is 2.80. The van der Waals surface area contributed by atoms with E-state index >= 15 is 0 Å². The van der Waals surface area contributed by atoms with Crippen LogP contribution in [0.1, 0.15) is 52.5 Å². The first-order chi connectivity index (χ1) is 13.8. The molecule has 0 N–H and O–H groups in total. The molecule has 0 bridgehead atoms. The number of rotatable bonds is 9. The molecule has 1 heterocycles. The fraction of sp³-hybridized carbons (Fsp3) is 0.333. The molecule has 1 aromatic carbocycles. The first kappa shape index (κ1) is 22.0. The molecule has 8 heteroatoms. The van der Waals surface area contributed by atoms with Gasteiger partial charge in [-0.15, -0.1) is 0 Å². The number of carbonyl (C=O) groups excluding carboxylic acids is 4. The highest BCUT2D eigenvalue weighted by Gasteiger charge is 2.27. The molecule has 29 heavy (non-hydrogen) atoms. The lowest BCUT2D eigenvalue weighted by atomic mass is 10.0. The predicted molar refractivity (Wildman–Crippen MR) is 101 cm³/mol. The van der Waals surface area contributed by atoms with Gasteiger partial charge < -0.3 is 14.1 Å². The molecule has 0 saturated carbocycles. The van der Waals surface area contributed by atoms with Gasteiger partial charge in [0.25, 0.3) is 5.91 Å². The second-order valence-electron chi connectivity index (χ2n) is 6.26. The number of hydrogen-bond acceptors (Lipinski definition) is 6. The van der Waals surface area contributed by atoms with Crippen LogP contribution >= 0.6 is 0 Å². The Morgan fingerprint density at radius 3 is 2.24 bits per heavy atom. The minimum absolute atomic E-state index is 0.0420. The average Bonchev–Trinajstić information content (AvgIpc) is 3.13. The van der Waals surface area contributed by atoms with Crippen LogP contribution in [0.4, 0.5) is 4.39 Å². The Kier molecular flexibility index (Phi) is 7.41. The Bertz CT molecular complexity index is 912. The quantitative estimate of drug-likeness (QED) is 0.277. The Labute approximate surface area is 167 Å². The van der Waals surface area contributed by atoms with Crippen molar-refractivity contribution in [3.05, 3.63) is 58.8 Å². The van der Waals surface area contributed by atoms with E-state index in [1.165, 1.54) is 23.1 Å². The summed E-state index contributed by atoms with van der Waals surface area (Å²) in [5.74, 6) is -3.91. The molecule has 2 rings (SSSR count). The topological polar surface area (TPSA) is 93.9 Å². The van der Waals surface area contributed by atoms with E-state index in [0.717, 1.165) is 7.11 Å². The third-order valence-corrected chi connectivity index (χ3v) is 4.37. The van der Waals surface area contributed by atoms with Crippen LogP contribution in [0.25, 0.3) is 0 Å². The van der Waals surface area contributed by atoms with Gasteiger partial charge >= 0.3 is 5.97 Å². The molecule has 0 atom stereocenters. The van der Waals surface area contributed by atoms with Crippen LogP contribution in [0.3, 0.4) is 0 Å². The number of esters is 1. The number of furan rings is 1. The number of ether oxygens (including phenoxy) is 1. The van der Waals surface area contributed by atoms with Crippen molar-refractivity contribution in [3.8, 4) is 0 Å². The van der Waals surface area contributed by atoms with E-state index in [1.54, 1.807) is 12.1 Å². The van der Waals surface area contributed by atoms with E-state index in [0.29, 0.717) is 24.2 Å². The summed E-state index contributed by atoms with van der Waals surface area (Å²) >= 11 is 0. The summed E-state index contributed by atoms with van der Waals surface area (Å²) in [6.07, 6.45) is -0.557. The Balaban J connectivity index is 2.38. The Morgan fingerprint density at radius 2 is 1.69 bits per heavy atom. The third-order valence-electron chi connectivity index (χ3n) is 4.37. The van der Waals surface area contributed by atoms with Crippen molar-refractivity contribution in [3.63, 3.8) is 0 Å². The van der Waals surface area contributed by atoms with Gasteiger partial charge in [0.15, 0.2) is 11.5 Å². The zero-order valence-corrected chi connectivity index (χ0v) is 16.5. The number of amides is 1. The number of methoxy groups -OCH3 is 1. The second-order valence-corrected chi connectivity index (χ2v) is 6.26. The number of Topliss-reactive ketones (excluding diaryl/α,β-unsaturated/α-hetero) is 2. The Hall–Kier alpha value is -3.29. The highest BCUT2D eigenvalue weighted by molar-refractivity contribution is 6.38. The van der Waals surface area contributed by atoms with Crippen molar-refractivity contribution in [2.24, 2.45) is 0 Å². The molecule has 0 radical (unpaired) electrons. The third kappa shape index (κ3) is 5.37. The maximum Gasteiger partial charge on any atom is 0.374 e. The molecule has 154 valence electrons. The minimum atomic E-state index is -1.13.